The molecule has 1 amide bonds. The Hall–Kier alpha value is -2.26. The second-order valence-electron chi connectivity index (χ2n) is 6.38. The second-order valence-corrected chi connectivity index (χ2v) is 6.38. The number of carbonyl (C=O) groups excluding carboxylic acids is 1. The molecule has 138 valence electrons. The highest BCUT2D eigenvalue weighted by Crippen LogP contribution is 2.13. The molecule has 9 nitrogen and oxygen atoms in total. The Morgan fingerprint density at radius 2 is 2.28 bits per heavy atom. The minimum Gasteiger partial charge on any atom is -0.480 e. The van der Waals surface area contributed by atoms with Crippen LogP contribution in [0.2, 0.25) is 0 Å². The SMILES string of the molecule is CC(C)Cc1cc(C(=O)N[C@@H]2COCC[C@@H]2OCC(=O)O)nc(=O)[nH]1. The Morgan fingerprint density at radius 3 is 2.96 bits per heavy atom. The molecular formula is C16H23N3O6. The van der Waals surface area contributed by atoms with Crippen molar-refractivity contribution in [2.45, 2.75) is 38.8 Å². The molecule has 1 aliphatic rings. The average molecular weight is 353 g/mol. The van der Waals surface area contributed by atoms with E-state index in [9.17, 15) is 14.4 Å². The molecule has 9 heteroatoms. The molecule has 1 fully saturated rings. The van der Waals surface area contributed by atoms with Gasteiger partial charge in [0.2, 0.25) is 0 Å². The molecule has 3 N–H and O–H groups in total. The second kappa shape index (κ2) is 8.72. The van der Waals surface area contributed by atoms with Crippen LogP contribution < -0.4 is 11.0 Å². The molecule has 1 aromatic rings. The summed E-state index contributed by atoms with van der Waals surface area (Å²) in [6.07, 6.45) is 0.625. The number of carboxylic acids is 1. The molecule has 2 heterocycles. The van der Waals surface area contributed by atoms with E-state index in [0.717, 1.165) is 0 Å². The minimum atomic E-state index is -1.08. The molecule has 0 aliphatic carbocycles. The zero-order valence-corrected chi connectivity index (χ0v) is 14.3. The lowest BCUT2D eigenvalue weighted by Gasteiger charge is -2.31. The summed E-state index contributed by atoms with van der Waals surface area (Å²) < 4.78 is 10.6. The Labute approximate surface area is 144 Å². The van der Waals surface area contributed by atoms with Crippen LogP contribution >= 0.6 is 0 Å². The molecule has 2 rings (SSSR count). The van der Waals surface area contributed by atoms with Crippen molar-refractivity contribution in [1.29, 1.82) is 0 Å². The third-order valence-electron chi connectivity index (χ3n) is 3.69. The maximum Gasteiger partial charge on any atom is 0.345 e. The van der Waals surface area contributed by atoms with Gasteiger partial charge >= 0.3 is 11.7 Å². The van der Waals surface area contributed by atoms with Gasteiger partial charge in [-0.15, -0.1) is 0 Å². The lowest BCUT2D eigenvalue weighted by atomic mass is 10.1. The van der Waals surface area contributed by atoms with E-state index in [1.54, 1.807) is 6.07 Å². The molecule has 2 atom stereocenters. The van der Waals surface area contributed by atoms with E-state index in [2.05, 4.69) is 15.3 Å². The lowest BCUT2D eigenvalue weighted by molar-refractivity contribution is -0.147. The number of hydrogen-bond donors (Lipinski definition) is 3. The van der Waals surface area contributed by atoms with Crippen LogP contribution in [0, 0.1) is 5.92 Å². The summed E-state index contributed by atoms with van der Waals surface area (Å²) in [7, 11) is 0. The summed E-state index contributed by atoms with van der Waals surface area (Å²) in [5.74, 6) is -1.28. The standard InChI is InChI=1S/C16H23N3O6/c1-9(2)5-10-6-11(19-16(23)17-10)15(22)18-12-7-24-4-3-13(12)25-8-14(20)21/h6,9,12-13H,3-5,7-8H2,1-2H3,(H,18,22)(H,20,21)(H,17,19,23)/t12-,13+/m1/s1. The number of rotatable bonds is 7. The smallest absolute Gasteiger partial charge is 0.345 e. The van der Waals surface area contributed by atoms with Gasteiger partial charge in [0, 0.05) is 12.3 Å². The van der Waals surface area contributed by atoms with E-state index >= 15 is 0 Å². The van der Waals surface area contributed by atoms with Gasteiger partial charge in [-0.2, -0.15) is 4.98 Å². The maximum absolute atomic E-state index is 12.4. The first kappa shape index (κ1) is 19.1. The Morgan fingerprint density at radius 1 is 1.52 bits per heavy atom. The largest absolute Gasteiger partial charge is 0.480 e. The zero-order valence-electron chi connectivity index (χ0n) is 14.3. The summed E-state index contributed by atoms with van der Waals surface area (Å²) in [4.78, 5) is 41.1. The normalized spacial score (nSPS) is 20.4. The van der Waals surface area contributed by atoms with Gasteiger partial charge in [-0.25, -0.2) is 9.59 Å². The van der Waals surface area contributed by atoms with Crippen LogP contribution in [0.4, 0.5) is 0 Å². The van der Waals surface area contributed by atoms with Crippen molar-refractivity contribution < 1.29 is 24.2 Å². The molecule has 1 aliphatic heterocycles. The third-order valence-corrected chi connectivity index (χ3v) is 3.69. The quantitative estimate of drug-likeness (QED) is 0.627. The average Bonchev–Trinajstić information content (AvgIpc) is 2.52. The van der Waals surface area contributed by atoms with Crippen molar-refractivity contribution >= 4 is 11.9 Å². The van der Waals surface area contributed by atoms with E-state index in [1.807, 2.05) is 13.8 Å². The van der Waals surface area contributed by atoms with Gasteiger partial charge in [-0.3, -0.25) is 4.79 Å². The molecule has 0 aromatic carbocycles. The summed E-state index contributed by atoms with van der Waals surface area (Å²) >= 11 is 0. The number of carboxylic acid groups (broad SMARTS) is 1. The van der Waals surface area contributed by atoms with E-state index in [-0.39, 0.29) is 12.3 Å². The van der Waals surface area contributed by atoms with E-state index < -0.39 is 36.3 Å². The van der Waals surface area contributed by atoms with Gasteiger partial charge in [0.1, 0.15) is 12.3 Å². The van der Waals surface area contributed by atoms with Crippen LogP contribution in [-0.4, -0.2) is 58.9 Å². The molecule has 0 unspecified atom stereocenters. The van der Waals surface area contributed by atoms with Crippen molar-refractivity contribution in [3.8, 4) is 0 Å². The van der Waals surface area contributed by atoms with Crippen molar-refractivity contribution in [1.82, 2.24) is 15.3 Å². The molecular weight excluding hydrogens is 330 g/mol. The van der Waals surface area contributed by atoms with Crippen LogP contribution in [0.15, 0.2) is 10.9 Å². The number of aromatic amines is 1. The molecule has 25 heavy (non-hydrogen) atoms. The topological polar surface area (TPSA) is 131 Å². The van der Waals surface area contributed by atoms with Crippen LogP contribution in [0.1, 0.15) is 36.5 Å². The summed E-state index contributed by atoms with van der Waals surface area (Å²) in [5, 5.41) is 11.5. The van der Waals surface area contributed by atoms with Crippen molar-refractivity contribution in [2.24, 2.45) is 5.92 Å². The summed E-state index contributed by atoms with van der Waals surface area (Å²) in [6, 6.07) is 1.04. The van der Waals surface area contributed by atoms with Gasteiger partial charge in [0.15, 0.2) is 0 Å². The summed E-state index contributed by atoms with van der Waals surface area (Å²) in [6.45, 7) is 4.19. The number of aromatic nitrogens is 2. The number of carbonyl (C=O) groups is 2. The Bertz CT molecular complexity index is 672. The fourth-order valence-corrected chi connectivity index (χ4v) is 2.65. The lowest BCUT2D eigenvalue weighted by Crippen LogP contribution is -2.51. The maximum atomic E-state index is 12.4. The molecule has 0 bridgehead atoms. The van der Waals surface area contributed by atoms with Gasteiger partial charge in [0.05, 0.1) is 18.8 Å². The predicted octanol–water partition coefficient (Wildman–Crippen LogP) is -0.0431. The Kier molecular flexibility index (Phi) is 6.65. The first-order valence-electron chi connectivity index (χ1n) is 8.17. The monoisotopic (exact) mass is 353 g/mol. The van der Waals surface area contributed by atoms with Gasteiger partial charge in [-0.1, -0.05) is 13.8 Å². The van der Waals surface area contributed by atoms with Crippen molar-refractivity contribution in [3.63, 3.8) is 0 Å². The number of amides is 1. The van der Waals surface area contributed by atoms with Gasteiger partial charge in [-0.05, 0) is 24.8 Å². The highest BCUT2D eigenvalue weighted by molar-refractivity contribution is 5.92. The fraction of sp³-hybridized carbons (Fsp3) is 0.625. The predicted molar refractivity (Wildman–Crippen MR) is 87.5 cm³/mol. The van der Waals surface area contributed by atoms with Crippen molar-refractivity contribution in [2.75, 3.05) is 19.8 Å². The van der Waals surface area contributed by atoms with Crippen LogP contribution in [0.5, 0.6) is 0 Å². The van der Waals surface area contributed by atoms with Gasteiger partial charge < -0.3 is 24.9 Å². The molecule has 0 radical (unpaired) electrons. The molecule has 1 saturated heterocycles. The third kappa shape index (κ3) is 5.95. The van der Waals surface area contributed by atoms with Gasteiger partial charge in [0.25, 0.3) is 5.91 Å². The zero-order chi connectivity index (χ0) is 18.4. The number of hydrogen-bond acceptors (Lipinski definition) is 6. The molecule has 0 saturated carbocycles. The van der Waals surface area contributed by atoms with E-state index in [4.69, 9.17) is 14.6 Å². The van der Waals surface area contributed by atoms with Crippen LogP contribution in [-0.2, 0) is 20.7 Å². The van der Waals surface area contributed by atoms with E-state index in [0.29, 0.717) is 31.1 Å². The number of aliphatic carboxylic acids is 1. The van der Waals surface area contributed by atoms with E-state index in [1.165, 1.54) is 0 Å². The highest BCUT2D eigenvalue weighted by atomic mass is 16.5. The highest BCUT2D eigenvalue weighted by Gasteiger charge is 2.29. The number of nitrogens with one attached hydrogen (secondary N) is 2. The van der Waals surface area contributed by atoms with Crippen LogP contribution in [0.3, 0.4) is 0 Å². The minimum absolute atomic E-state index is 0.0157. The number of nitrogens with zero attached hydrogens (tertiary/aromatic N) is 1. The Balaban J connectivity index is 2.07. The fourth-order valence-electron chi connectivity index (χ4n) is 2.65. The summed E-state index contributed by atoms with van der Waals surface area (Å²) in [5.41, 5.74) is 0.0718. The van der Waals surface area contributed by atoms with Crippen molar-refractivity contribution in [3.05, 3.63) is 27.9 Å². The number of H-pyrrole nitrogens is 1. The first-order chi connectivity index (χ1) is 11.8. The first-order valence-corrected chi connectivity index (χ1v) is 8.17. The van der Waals surface area contributed by atoms with Crippen LogP contribution in [0.25, 0.3) is 0 Å². The molecule has 0 spiro atoms. The molecule has 1 aromatic heterocycles. The number of ether oxygens (including phenoxy) is 2.